The molecule has 1 amide bonds. The van der Waals surface area contributed by atoms with Crippen LogP contribution in [0.15, 0.2) is 107 Å². The standard InChI is InChI=1S/C28H22ClN3O5S/c1-19-5-4-6-21(17-19)28(34)37-23-13-9-20(10-14-23)18-30-31-27(33)25-7-2-3-8-26(25)32-38(35,36)24-15-11-22(29)12-16-24/h2-18,32H,1H3,(H,31,33)/b30-18+. The Morgan fingerprint density at radius 1 is 0.895 bits per heavy atom. The van der Waals surface area contributed by atoms with E-state index in [1.807, 2.05) is 13.0 Å². The zero-order valence-electron chi connectivity index (χ0n) is 20.1. The number of carbonyl (C=O) groups is 2. The molecule has 0 aromatic heterocycles. The summed E-state index contributed by atoms with van der Waals surface area (Å²) in [6, 6.07) is 25.5. The molecule has 0 bridgehead atoms. The van der Waals surface area contributed by atoms with Crippen molar-refractivity contribution in [1.29, 1.82) is 0 Å². The summed E-state index contributed by atoms with van der Waals surface area (Å²) in [5, 5.41) is 4.35. The van der Waals surface area contributed by atoms with E-state index in [1.165, 1.54) is 42.6 Å². The third-order valence-electron chi connectivity index (χ3n) is 5.26. The second kappa shape index (κ2) is 11.7. The van der Waals surface area contributed by atoms with Gasteiger partial charge in [0.2, 0.25) is 0 Å². The van der Waals surface area contributed by atoms with Gasteiger partial charge in [0.1, 0.15) is 5.75 Å². The minimum atomic E-state index is -3.95. The molecular weight excluding hydrogens is 526 g/mol. The normalized spacial score (nSPS) is 11.2. The summed E-state index contributed by atoms with van der Waals surface area (Å²) in [5.41, 5.74) is 4.61. The van der Waals surface area contributed by atoms with Gasteiger partial charge in [-0.2, -0.15) is 5.10 Å². The van der Waals surface area contributed by atoms with E-state index in [-0.39, 0.29) is 16.1 Å². The van der Waals surface area contributed by atoms with Gasteiger partial charge in [0, 0.05) is 5.02 Å². The Balaban J connectivity index is 1.39. The molecular formula is C28H22ClN3O5S. The Kier molecular flexibility index (Phi) is 8.20. The van der Waals surface area contributed by atoms with Crippen molar-refractivity contribution in [1.82, 2.24) is 5.43 Å². The molecule has 10 heteroatoms. The first-order valence-electron chi connectivity index (χ1n) is 11.3. The van der Waals surface area contributed by atoms with Crippen LogP contribution in [0.25, 0.3) is 0 Å². The molecule has 8 nitrogen and oxygen atoms in total. The molecule has 0 radical (unpaired) electrons. The minimum Gasteiger partial charge on any atom is -0.423 e. The fourth-order valence-corrected chi connectivity index (χ4v) is 4.58. The fraction of sp³-hybridized carbons (Fsp3) is 0.0357. The molecule has 2 N–H and O–H groups in total. The predicted molar refractivity (Wildman–Crippen MR) is 146 cm³/mol. The van der Waals surface area contributed by atoms with Crippen LogP contribution >= 0.6 is 11.6 Å². The molecule has 0 saturated heterocycles. The largest absolute Gasteiger partial charge is 0.423 e. The third-order valence-corrected chi connectivity index (χ3v) is 6.90. The van der Waals surface area contributed by atoms with E-state index in [9.17, 15) is 18.0 Å². The van der Waals surface area contributed by atoms with E-state index in [4.69, 9.17) is 16.3 Å². The number of hydrazone groups is 1. The number of ether oxygens (including phenoxy) is 1. The predicted octanol–water partition coefficient (Wildman–Crippen LogP) is 5.43. The smallest absolute Gasteiger partial charge is 0.343 e. The van der Waals surface area contributed by atoms with Crippen LogP contribution < -0.4 is 14.9 Å². The molecule has 0 aliphatic rings. The van der Waals surface area contributed by atoms with Crippen molar-refractivity contribution in [2.24, 2.45) is 5.10 Å². The zero-order chi connectivity index (χ0) is 27.1. The average molecular weight is 548 g/mol. The molecule has 0 fully saturated rings. The number of sulfonamides is 1. The number of anilines is 1. The van der Waals surface area contributed by atoms with E-state index < -0.39 is 21.9 Å². The number of carbonyl (C=O) groups excluding carboxylic acids is 2. The molecule has 0 spiro atoms. The van der Waals surface area contributed by atoms with Gasteiger partial charge in [0.15, 0.2) is 0 Å². The lowest BCUT2D eigenvalue weighted by Gasteiger charge is -2.11. The van der Waals surface area contributed by atoms with Gasteiger partial charge in [-0.25, -0.2) is 18.6 Å². The lowest BCUT2D eigenvalue weighted by molar-refractivity contribution is 0.0734. The molecule has 38 heavy (non-hydrogen) atoms. The number of nitrogens with zero attached hydrogens (tertiary/aromatic N) is 1. The van der Waals surface area contributed by atoms with E-state index in [1.54, 1.807) is 54.6 Å². The molecule has 4 aromatic carbocycles. The van der Waals surface area contributed by atoms with Crippen molar-refractivity contribution < 1.29 is 22.7 Å². The van der Waals surface area contributed by atoms with Gasteiger partial charge in [-0.15, -0.1) is 0 Å². The van der Waals surface area contributed by atoms with Crippen molar-refractivity contribution in [2.45, 2.75) is 11.8 Å². The van der Waals surface area contributed by atoms with Crippen molar-refractivity contribution >= 4 is 45.4 Å². The Hall–Kier alpha value is -4.47. The number of amides is 1. The number of para-hydroxylation sites is 1. The third kappa shape index (κ3) is 6.84. The Labute approximate surface area is 225 Å². The van der Waals surface area contributed by atoms with Crippen LogP contribution in [0.2, 0.25) is 5.02 Å². The second-order valence-electron chi connectivity index (χ2n) is 8.13. The Morgan fingerprint density at radius 3 is 2.32 bits per heavy atom. The Morgan fingerprint density at radius 2 is 1.61 bits per heavy atom. The first-order chi connectivity index (χ1) is 18.2. The summed E-state index contributed by atoms with van der Waals surface area (Å²) in [4.78, 5) is 25.0. The van der Waals surface area contributed by atoms with Crippen molar-refractivity contribution in [3.63, 3.8) is 0 Å². The lowest BCUT2D eigenvalue weighted by Crippen LogP contribution is -2.21. The minimum absolute atomic E-state index is 0.00291. The summed E-state index contributed by atoms with van der Waals surface area (Å²) in [7, 11) is -3.95. The van der Waals surface area contributed by atoms with Crippen LogP contribution in [0.4, 0.5) is 5.69 Å². The first kappa shape index (κ1) is 26.6. The number of halogens is 1. The van der Waals surface area contributed by atoms with Crippen LogP contribution in [0.1, 0.15) is 31.8 Å². The highest BCUT2D eigenvalue weighted by Crippen LogP contribution is 2.21. The number of hydrogen-bond donors (Lipinski definition) is 2. The van der Waals surface area contributed by atoms with Gasteiger partial charge in [0.05, 0.1) is 27.9 Å². The van der Waals surface area contributed by atoms with Crippen molar-refractivity contribution in [3.05, 3.63) is 124 Å². The number of nitrogens with one attached hydrogen (secondary N) is 2. The maximum absolute atomic E-state index is 12.7. The monoisotopic (exact) mass is 547 g/mol. The fourth-order valence-electron chi connectivity index (χ4n) is 3.37. The van der Waals surface area contributed by atoms with Gasteiger partial charge in [-0.05, 0) is 85.3 Å². The quantitative estimate of drug-likeness (QED) is 0.132. The molecule has 0 aliphatic heterocycles. The summed E-state index contributed by atoms with van der Waals surface area (Å²) in [6.45, 7) is 1.89. The number of rotatable bonds is 8. The molecule has 0 saturated carbocycles. The molecule has 0 heterocycles. The SMILES string of the molecule is Cc1cccc(C(=O)Oc2ccc(/C=N/NC(=O)c3ccccc3NS(=O)(=O)c3ccc(Cl)cc3)cc2)c1. The van der Waals surface area contributed by atoms with Crippen molar-refractivity contribution in [3.8, 4) is 5.75 Å². The highest BCUT2D eigenvalue weighted by molar-refractivity contribution is 7.92. The van der Waals surface area contributed by atoms with Gasteiger partial charge in [-0.3, -0.25) is 9.52 Å². The number of aryl methyl sites for hydroxylation is 1. The van der Waals surface area contributed by atoms with Gasteiger partial charge < -0.3 is 4.74 Å². The molecule has 0 aliphatic carbocycles. The topological polar surface area (TPSA) is 114 Å². The van der Waals surface area contributed by atoms with Crippen molar-refractivity contribution in [2.75, 3.05) is 4.72 Å². The van der Waals surface area contributed by atoms with Gasteiger partial charge in [0.25, 0.3) is 15.9 Å². The second-order valence-corrected chi connectivity index (χ2v) is 10.3. The first-order valence-corrected chi connectivity index (χ1v) is 13.2. The summed E-state index contributed by atoms with van der Waals surface area (Å²) >= 11 is 5.84. The van der Waals surface area contributed by atoms with E-state index in [2.05, 4.69) is 15.2 Å². The van der Waals surface area contributed by atoms with Crippen LogP contribution in [-0.4, -0.2) is 26.5 Å². The average Bonchev–Trinajstić information content (AvgIpc) is 2.90. The van der Waals surface area contributed by atoms with Gasteiger partial charge >= 0.3 is 5.97 Å². The van der Waals surface area contributed by atoms with E-state index in [0.717, 1.165) is 5.56 Å². The highest BCUT2D eigenvalue weighted by Gasteiger charge is 2.18. The molecule has 4 rings (SSSR count). The summed E-state index contributed by atoms with van der Waals surface area (Å²) in [6.07, 6.45) is 1.41. The van der Waals surface area contributed by atoms with Crippen LogP contribution in [0.3, 0.4) is 0 Å². The molecule has 192 valence electrons. The van der Waals surface area contributed by atoms with E-state index in [0.29, 0.717) is 21.9 Å². The number of esters is 1. The van der Waals surface area contributed by atoms with E-state index >= 15 is 0 Å². The van der Waals surface area contributed by atoms with Gasteiger partial charge in [-0.1, -0.05) is 41.4 Å². The number of hydrogen-bond acceptors (Lipinski definition) is 6. The van der Waals surface area contributed by atoms with Crippen LogP contribution in [-0.2, 0) is 10.0 Å². The zero-order valence-corrected chi connectivity index (χ0v) is 21.7. The summed E-state index contributed by atoms with van der Waals surface area (Å²) < 4.78 is 33.3. The molecule has 0 atom stereocenters. The summed E-state index contributed by atoms with van der Waals surface area (Å²) in [5.74, 6) is -0.716. The maximum Gasteiger partial charge on any atom is 0.343 e. The lowest BCUT2D eigenvalue weighted by atomic mass is 10.1. The maximum atomic E-state index is 12.7. The Bertz CT molecular complexity index is 1600. The van der Waals surface area contributed by atoms with Crippen LogP contribution in [0.5, 0.6) is 5.75 Å². The number of benzene rings is 4. The molecule has 4 aromatic rings. The molecule has 0 unspecified atom stereocenters. The highest BCUT2D eigenvalue weighted by atomic mass is 35.5. The van der Waals surface area contributed by atoms with Crippen LogP contribution in [0, 0.1) is 6.92 Å².